The number of carbonyl (C=O) groups excluding carboxylic acids is 7. The highest BCUT2D eigenvalue weighted by Crippen LogP contribution is 2.25. The molecule has 1 unspecified atom stereocenters. The number of thioether (sulfide) groups is 1. The van der Waals surface area contributed by atoms with Crippen LogP contribution >= 0.6 is 11.8 Å². The summed E-state index contributed by atoms with van der Waals surface area (Å²) in [6.45, 7) is 9.55. The van der Waals surface area contributed by atoms with Gasteiger partial charge in [-0.1, -0.05) is 62.4 Å². The van der Waals surface area contributed by atoms with Crippen LogP contribution in [0.5, 0.6) is 0 Å². The zero-order valence-electron chi connectivity index (χ0n) is 36.6. The Kier molecular flexibility index (Phi) is 16.4. The zero-order chi connectivity index (χ0) is 45.1. The number of hydrazine groups is 1. The Morgan fingerprint density at radius 1 is 0.919 bits per heavy atom. The van der Waals surface area contributed by atoms with Crippen LogP contribution in [0, 0.1) is 5.92 Å². The van der Waals surface area contributed by atoms with Crippen molar-refractivity contribution in [3.63, 3.8) is 0 Å². The minimum absolute atomic E-state index is 0.0457. The number of likely N-dealkylation sites (tertiary alicyclic amines) is 1. The van der Waals surface area contributed by atoms with Gasteiger partial charge in [0.25, 0.3) is 5.91 Å². The number of nitrogens with zero attached hydrogens (tertiary/aromatic N) is 3. The van der Waals surface area contributed by atoms with Crippen molar-refractivity contribution in [1.29, 1.82) is 0 Å². The standard InChI is InChI=1S/C45H62N8O8S/c1-28(2)18-19-38(54)53(36(39(46)55)21-24-62-6)52-23-20-33(43(52)59)48-40(56)34(25-29-13-8-7-9-14-29)49-41(57)35(26-30-27-47-32-16-11-10-15-31(30)32)50-42(58)37-17-12-22-51(37)44(60)61-45(3,4)5/h7-11,13-16,27-28,33-37,47H,12,17-26H2,1-6H3,(H2,46,55)(H,48,56)(H,49,57)(H,50,58)/t33-,34-,35+,36?,37+/m0/s1. The smallest absolute Gasteiger partial charge is 0.410 e. The highest BCUT2D eigenvalue weighted by atomic mass is 32.2. The van der Waals surface area contributed by atoms with Gasteiger partial charge >= 0.3 is 6.09 Å². The molecule has 3 aromatic rings. The molecule has 2 aliphatic heterocycles. The SMILES string of the molecule is CSCCC(C(N)=O)N(C(=O)CCC(C)C)N1CC[C@H](NC(=O)[C@H](Cc2ccccc2)NC(=O)[C@@H](Cc2c[nH]c3ccccc23)NC(=O)[C@H]2CCCN2C(=O)OC(C)(C)C)C1=O. The second-order valence-corrected chi connectivity index (χ2v) is 18.4. The van der Waals surface area contributed by atoms with Crippen molar-refractivity contribution in [2.24, 2.45) is 11.7 Å². The molecule has 16 nitrogen and oxygen atoms in total. The van der Waals surface area contributed by atoms with Crippen LogP contribution < -0.4 is 21.7 Å². The van der Waals surface area contributed by atoms with E-state index in [1.165, 1.54) is 26.7 Å². The first kappa shape index (κ1) is 47.5. The highest BCUT2D eigenvalue weighted by molar-refractivity contribution is 7.98. The molecule has 2 aliphatic rings. The number of ether oxygens (including phenoxy) is 1. The van der Waals surface area contributed by atoms with E-state index in [1.54, 1.807) is 39.1 Å². The fourth-order valence-electron chi connectivity index (χ4n) is 7.81. The summed E-state index contributed by atoms with van der Waals surface area (Å²) in [7, 11) is 0. The normalized spacial score (nSPS) is 18.0. The summed E-state index contributed by atoms with van der Waals surface area (Å²) < 4.78 is 5.59. The van der Waals surface area contributed by atoms with E-state index < -0.39 is 77.3 Å². The van der Waals surface area contributed by atoms with Crippen molar-refractivity contribution in [3.05, 3.63) is 71.9 Å². The molecule has 0 spiro atoms. The second kappa shape index (κ2) is 21.5. The van der Waals surface area contributed by atoms with Crippen LogP contribution in [0.1, 0.15) is 84.3 Å². The third kappa shape index (κ3) is 12.5. The summed E-state index contributed by atoms with van der Waals surface area (Å²) in [4.78, 5) is 101. The van der Waals surface area contributed by atoms with E-state index in [-0.39, 0.29) is 44.6 Å². The van der Waals surface area contributed by atoms with Crippen molar-refractivity contribution < 1.29 is 38.3 Å². The minimum Gasteiger partial charge on any atom is -0.444 e. The Labute approximate surface area is 367 Å². The number of benzene rings is 2. The van der Waals surface area contributed by atoms with E-state index in [0.29, 0.717) is 31.6 Å². The molecule has 0 radical (unpaired) electrons. The van der Waals surface area contributed by atoms with E-state index in [4.69, 9.17) is 10.5 Å². The molecule has 0 bridgehead atoms. The number of nitrogens with one attached hydrogen (secondary N) is 4. The molecule has 3 heterocycles. The third-order valence-corrected chi connectivity index (χ3v) is 11.6. The lowest BCUT2D eigenvalue weighted by Gasteiger charge is -2.37. The van der Waals surface area contributed by atoms with Gasteiger partial charge in [-0.05, 0) is 88.0 Å². The maximum Gasteiger partial charge on any atom is 0.410 e. The molecule has 0 saturated carbocycles. The number of hydrogen-bond acceptors (Lipinski definition) is 9. The Morgan fingerprint density at radius 3 is 2.29 bits per heavy atom. The van der Waals surface area contributed by atoms with Gasteiger partial charge in [0.15, 0.2) is 0 Å². The number of amides is 7. The number of rotatable bonds is 19. The predicted molar refractivity (Wildman–Crippen MR) is 237 cm³/mol. The van der Waals surface area contributed by atoms with Gasteiger partial charge in [0.1, 0.15) is 35.8 Å². The van der Waals surface area contributed by atoms with E-state index in [9.17, 15) is 33.6 Å². The van der Waals surface area contributed by atoms with Crippen molar-refractivity contribution in [3.8, 4) is 0 Å². The molecular weight excluding hydrogens is 813 g/mol. The first-order valence-corrected chi connectivity index (χ1v) is 22.8. The number of H-pyrrole nitrogens is 1. The minimum atomic E-state index is -1.21. The number of nitrogens with two attached hydrogens (primary N) is 1. The quantitative estimate of drug-likeness (QED) is 0.118. The lowest BCUT2D eigenvalue weighted by molar-refractivity contribution is -0.168. The molecule has 5 rings (SSSR count). The average Bonchev–Trinajstić information content (AvgIpc) is 3.97. The molecule has 5 atom stereocenters. The molecule has 7 amide bonds. The van der Waals surface area contributed by atoms with Crippen LogP contribution in [0.15, 0.2) is 60.8 Å². The average molecular weight is 875 g/mol. The molecule has 62 heavy (non-hydrogen) atoms. The lowest BCUT2D eigenvalue weighted by atomic mass is 10.0. The first-order valence-electron chi connectivity index (χ1n) is 21.4. The zero-order valence-corrected chi connectivity index (χ0v) is 37.4. The van der Waals surface area contributed by atoms with E-state index in [0.717, 1.165) is 22.0 Å². The Hall–Kier alpha value is -5.58. The van der Waals surface area contributed by atoms with Crippen LogP contribution in [0.4, 0.5) is 4.79 Å². The van der Waals surface area contributed by atoms with E-state index in [1.807, 2.05) is 62.6 Å². The number of primary amides is 1. The number of aromatic nitrogens is 1. The van der Waals surface area contributed by atoms with Crippen molar-refractivity contribution in [2.75, 3.05) is 25.1 Å². The maximum absolute atomic E-state index is 14.5. The number of carbonyl (C=O) groups is 7. The van der Waals surface area contributed by atoms with E-state index >= 15 is 0 Å². The molecular formula is C45H62N8O8S. The molecule has 336 valence electrons. The molecule has 17 heteroatoms. The molecule has 2 fully saturated rings. The van der Waals surface area contributed by atoms with Crippen molar-refractivity contribution in [1.82, 2.24) is 35.9 Å². The number of hydrogen-bond donors (Lipinski definition) is 5. The first-order chi connectivity index (χ1) is 29.5. The molecule has 1 aromatic heterocycles. The Balaban J connectivity index is 1.39. The van der Waals surface area contributed by atoms with Gasteiger partial charge in [-0.25, -0.2) is 14.8 Å². The van der Waals surface area contributed by atoms with Crippen LogP contribution in [-0.2, 0) is 46.3 Å². The molecule has 2 aromatic carbocycles. The van der Waals surface area contributed by atoms with Crippen molar-refractivity contribution in [2.45, 2.75) is 122 Å². The van der Waals surface area contributed by atoms with Gasteiger partial charge < -0.3 is 31.4 Å². The van der Waals surface area contributed by atoms with Gasteiger partial charge in [0.05, 0.1) is 0 Å². The largest absolute Gasteiger partial charge is 0.444 e. The highest BCUT2D eigenvalue weighted by Gasteiger charge is 2.43. The lowest BCUT2D eigenvalue weighted by Crippen LogP contribution is -2.60. The summed E-state index contributed by atoms with van der Waals surface area (Å²) >= 11 is 1.48. The van der Waals surface area contributed by atoms with Gasteiger partial charge in [-0.3, -0.25) is 33.7 Å². The van der Waals surface area contributed by atoms with Gasteiger partial charge in [0, 0.05) is 49.5 Å². The second-order valence-electron chi connectivity index (χ2n) is 17.4. The third-order valence-electron chi connectivity index (χ3n) is 11.0. The monoisotopic (exact) mass is 874 g/mol. The van der Waals surface area contributed by atoms with Crippen LogP contribution in [0.3, 0.4) is 0 Å². The summed E-state index contributed by atoms with van der Waals surface area (Å²) in [6, 6.07) is 11.2. The van der Waals surface area contributed by atoms with Gasteiger partial charge in [-0.15, -0.1) is 0 Å². The Bertz CT molecular complexity index is 2070. The number of aromatic amines is 1. The van der Waals surface area contributed by atoms with Crippen LogP contribution in [0.2, 0.25) is 0 Å². The molecule has 6 N–H and O–H groups in total. The topological polar surface area (TPSA) is 216 Å². The van der Waals surface area contributed by atoms with Crippen LogP contribution in [-0.4, -0.2) is 122 Å². The summed E-state index contributed by atoms with van der Waals surface area (Å²) in [5, 5.41) is 11.9. The number of fused-ring (bicyclic) bond motifs is 1. The predicted octanol–water partition coefficient (Wildman–Crippen LogP) is 3.83. The molecule has 0 aliphatic carbocycles. The van der Waals surface area contributed by atoms with Gasteiger partial charge in [-0.2, -0.15) is 11.8 Å². The maximum atomic E-state index is 14.5. The summed E-state index contributed by atoms with van der Waals surface area (Å²) in [5.41, 5.74) is 7.35. The van der Waals surface area contributed by atoms with Gasteiger partial charge in [0.2, 0.25) is 29.5 Å². The van der Waals surface area contributed by atoms with Crippen LogP contribution in [0.25, 0.3) is 10.9 Å². The van der Waals surface area contributed by atoms with E-state index in [2.05, 4.69) is 20.9 Å². The fraction of sp³-hybridized carbons (Fsp3) is 0.533. The summed E-state index contributed by atoms with van der Waals surface area (Å²) in [6.07, 6.45) is 5.06. The summed E-state index contributed by atoms with van der Waals surface area (Å²) in [5.74, 6) is -2.84. The molecule has 2 saturated heterocycles. The fourth-order valence-corrected chi connectivity index (χ4v) is 8.27. The van der Waals surface area contributed by atoms with Crippen molar-refractivity contribution >= 4 is 64.2 Å². The Morgan fingerprint density at radius 2 is 1.61 bits per heavy atom. The number of para-hydroxylation sites is 1.